The molecule has 3 rings (SSSR count). The lowest BCUT2D eigenvalue weighted by atomic mass is 10.2. The second-order valence-electron chi connectivity index (χ2n) is 4.24. The van der Waals surface area contributed by atoms with Gasteiger partial charge in [-0.05, 0) is 37.7 Å². The van der Waals surface area contributed by atoms with Gasteiger partial charge in [-0.25, -0.2) is 4.79 Å². The number of fused-ring (bicyclic) bond motifs is 3. The SMILES string of the molecule is Cc1sc2c(c1C)c(=O)n(N)c1sc(C)c(O)[n+]21. The molecule has 0 spiro atoms. The van der Waals surface area contributed by atoms with E-state index in [1.165, 1.54) is 22.7 Å². The Morgan fingerprint density at radius 1 is 1.22 bits per heavy atom. The Hall–Kier alpha value is -1.60. The highest BCUT2D eigenvalue weighted by Crippen LogP contribution is 2.29. The van der Waals surface area contributed by atoms with E-state index in [9.17, 15) is 9.90 Å². The fourth-order valence-electron chi connectivity index (χ4n) is 2.04. The van der Waals surface area contributed by atoms with Gasteiger partial charge in [-0.1, -0.05) is 16.0 Å². The quantitative estimate of drug-likeness (QED) is 0.481. The maximum absolute atomic E-state index is 12.3. The Kier molecular flexibility index (Phi) is 2.21. The van der Waals surface area contributed by atoms with Crippen molar-refractivity contribution >= 4 is 37.9 Å². The zero-order valence-electron chi connectivity index (χ0n) is 10.1. The van der Waals surface area contributed by atoms with Crippen molar-refractivity contribution < 1.29 is 9.51 Å². The highest BCUT2D eigenvalue weighted by Gasteiger charge is 2.27. The van der Waals surface area contributed by atoms with Crippen molar-refractivity contribution in [2.75, 3.05) is 5.84 Å². The molecule has 0 aliphatic rings. The van der Waals surface area contributed by atoms with E-state index < -0.39 is 0 Å². The van der Waals surface area contributed by atoms with Crippen molar-refractivity contribution in [3.8, 4) is 5.88 Å². The Labute approximate surface area is 110 Å². The molecule has 0 aliphatic carbocycles. The molecule has 5 nitrogen and oxygen atoms in total. The van der Waals surface area contributed by atoms with E-state index in [0.717, 1.165) is 24.8 Å². The van der Waals surface area contributed by atoms with Gasteiger partial charge < -0.3 is 5.11 Å². The van der Waals surface area contributed by atoms with E-state index in [1.54, 1.807) is 11.3 Å². The van der Waals surface area contributed by atoms with Crippen LogP contribution in [-0.4, -0.2) is 9.78 Å². The maximum Gasteiger partial charge on any atom is 0.376 e. The summed E-state index contributed by atoms with van der Waals surface area (Å²) in [6.07, 6.45) is 0. The summed E-state index contributed by atoms with van der Waals surface area (Å²) in [5, 5.41) is 10.7. The van der Waals surface area contributed by atoms with Crippen LogP contribution in [0.5, 0.6) is 5.88 Å². The molecular weight excluding hydrogens is 270 g/mol. The molecule has 0 bridgehead atoms. The van der Waals surface area contributed by atoms with Gasteiger partial charge in [-0.15, -0.1) is 4.40 Å². The van der Waals surface area contributed by atoms with Gasteiger partial charge >= 0.3 is 16.4 Å². The van der Waals surface area contributed by atoms with Crippen LogP contribution in [0.1, 0.15) is 15.3 Å². The number of nitrogen functional groups attached to an aromatic ring is 1. The number of aryl methyl sites for hydroxylation is 3. The first kappa shape index (κ1) is 11.5. The third-order valence-electron chi connectivity index (χ3n) is 3.17. The summed E-state index contributed by atoms with van der Waals surface area (Å²) in [4.78, 5) is 15.4. The molecule has 0 saturated carbocycles. The minimum Gasteiger partial charge on any atom is -0.477 e. The first-order valence-corrected chi connectivity index (χ1v) is 7.00. The molecule has 0 aliphatic heterocycles. The van der Waals surface area contributed by atoms with Crippen molar-refractivity contribution in [2.45, 2.75) is 20.8 Å². The number of aromatic nitrogens is 2. The molecule has 3 aromatic rings. The van der Waals surface area contributed by atoms with E-state index in [-0.39, 0.29) is 11.4 Å². The number of thiophene rings is 1. The van der Waals surface area contributed by atoms with E-state index in [4.69, 9.17) is 5.84 Å². The highest BCUT2D eigenvalue weighted by molar-refractivity contribution is 7.19. The number of rotatable bonds is 0. The molecule has 0 aromatic carbocycles. The molecule has 0 radical (unpaired) electrons. The van der Waals surface area contributed by atoms with Crippen molar-refractivity contribution in [1.82, 2.24) is 4.68 Å². The smallest absolute Gasteiger partial charge is 0.376 e. The molecule has 94 valence electrons. The molecule has 7 heteroatoms. The standard InChI is InChI=1S/C11H11N3O2S2/c1-4-5(2)17-10-7(4)9(16)14(12)11-13(10)8(15)6(3)18-11/h12H2,1-3H3/p+1. The number of thiazole rings is 1. The fraction of sp³-hybridized carbons (Fsp3) is 0.273. The summed E-state index contributed by atoms with van der Waals surface area (Å²) in [7, 11) is 0. The van der Waals surface area contributed by atoms with Crippen LogP contribution in [0.3, 0.4) is 0 Å². The second kappa shape index (κ2) is 3.46. The van der Waals surface area contributed by atoms with Gasteiger partial charge in [0.15, 0.2) is 0 Å². The summed E-state index contributed by atoms with van der Waals surface area (Å²) in [5.74, 6) is 5.99. The maximum atomic E-state index is 12.3. The first-order valence-electron chi connectivity index (χ1n) is 5.37. The average Bonchev–Trinajstić information content (AvgIpc) is 2.77. The highest BCUT2D eigenvalue weighted by atomic mass is 32.1. The van der Waals surface area contributed by atoms with Gasteiger partial charge in [0.1, 0.15) is 5.39 Å². The Morgan fingerprint density at radius 2 is 1.89 bits per heavy atom. The first-order chi connectivity index (χ1) is 8.43. The lowest BCUT2D eigenvalue weighted by Gasteiger charge is -1.94. The molecule has 18 heavy (non-hydrogen) atoms. The summed E-state index contributed by atoms with van der Waals surface area (Å²) in [6, 6.07) is 0. The predicted molar refractivity (Wildman–Crippen MR) is 73.1 cm³/mol. The monoisotopic (exact) mass is 282 g/mol. The summed E-state index contributed by atoms with van der Waals surface area (Å²) in [5.41, 5.74) is 0.713. The molecule has 0 fully saturated rings. The van der Waals surface area contributed by atoms with Gasteiger partial charge in [-0.2, -0.15) is 0 Å². The third-order valence-corrected chi connectivity index (χ3v) is 5.41. The van der Waals surface area contributed by atoms with Gasteiger partial charge in [0.25, 0.3) is 0 Å². The third kappa shape index (κ3) is 1.20. The van der Waals surface area contributed by atoms with Crippen LogP contribution >= 0.6 is 22.7 Å². The zero-order valence-corrected chi connectivity index (χ0v) is 11.8. The van der Waals surface area contributed by atoms with Crippen LogP contribution in [0.15, 0.2) is 4.79 Å². The number of aromatic hydroxyl groups is 1. The van der Waals surface area contributed by atoms with Gasteiger partial charge in [0, 0.05) is 4.88 Å². The topological polar surface area (TPSA) is 72.3 Å². The fourth-order valence-corrected chi connectivity index (χ4v) is 4.16. The zero-order chi connectivity index (χ0) is 13.2. The average molecular weight is 282 g/mol. The van der Waals surface area contributed by atoms with E-state index in [0.29, 0.717) is 10.3 Å². The van der Waals surface area contributed by atoms with Crippen molar-refractivity contribution in [2.24, 2.45) is 0 Å². The Bertz CT molecular complexity index is 857. The lowest BCUT2D eigenvalue weighted by molar-refractivity contribution is -0.490. The van der Waals surface area contributed by atoms with Gasteiger partial charge in [0.2, 0.25) is 4.83 Å². The summed E-state index contributed by atoms with van der Waals surface area (Å²) >= 11 is 2.81. The van der Waals surface area contributed by atoms with E-state index >= 15 is 0 Å². The van der Waals surface area contributed by atoms with Gasteiger partial charge in [-0.3, -0.25) is 5.84 Å². The van der Waals surface area contributed by atoms with Crippen LogP contribution in [0.2, 0.25) is 0 Å². The molecule has 3 heterocycles. The minimum absolute atomic E-state index is 0.153. The van der Waals surface area contributed by atoms with Crippen molar-refractivity contribution in [1.29, 1.82) is 0 Å². The Morgan fingerprint density at radius 3 is 2.56 bits per heavy atom. The summed E-state index contributed by atoms with van der Waals surface area (Å²) in [6.45, 7) is 5.66. The minimum atomic E-state index is -0.215. The molecular formula is C11H12N3O2S2+. The normalized spacial score (nSPS) is 11.7. The second-order valence-corrected chi connectivity index (χ2v) is 6.62. The largest absolute Gasteiger partial charge is 0.477 e. The van der Waals surface area contributed by atoms with Crippen LogP contribution in [0, 0.1) is 20.8 Å². The number of nitrogens with two attached hydrogens (primary N) is 1. The van der Waals surface area contributed by atoms with Crippen molar-refractivity contribution in [3.05, 3.63) is 25.7 Å². The Balaban J connectivity index is 2.77. The molecule has 0 unspecified atom stereocenters. The number of hydrogen-bond acceptors (Lipinski definition) is 5. The van der Waals surface area contributed by atoms with Crippen LogP contribution in [0.25, 0.3) is 15.2 Å². The van der Waals surface area contributed by atoms with Gasteiger partial charge in [0.05, 0.1) is 4.88 Å². The predicted octanol–water partition coefficient (Wildman–Crippen LogP) is 1.21. The molecule has 3 aromatic heterocycles. The van der Waals surface area contributed by atoms with E-state index in [2.05, 4.69) is 0 Å². The van der Waals surface area contributed by atoms with E-state index in [1.807, 2.05) is 13.8 Å². The van der Waals surface area contributed by atoms with Crippen LogP contribution in [-0.2, 0) is 0 Å². The molecule has 0 atom stereocenters. The molecule has 0 saturated heterocycles. The van der Waals surface area contributed by atoms with Crippen LogP contribution in [0.4, 0.5) is 0 Å². The van der Waals surface area contributed by atoms with Crippen LogP contribution < -0.4 is 15.8 Å². The number of nitrogens with zero attached hydrogens (tertiary/aromatic N) is 2. The lowest BCUT2D eigenvalue weighted by Crippen LogP contribution is -2.36. The molecule has 3 N–H and O–H groups in total. The summed E-state index contributed by atoms with van der Waals surface area (Å²) < 4.78 is 2.76. The van der Waals surface area contributed by atoms with Crippen molar-refractivity contribution in [3.63, 3.8) is 0 Å². The number of hydrogen-bond donors (Lipinski definition) is 2. The molecule has 0 amide bonds.